The summed E-state index contributed by atoms with van der Waals surface area (Å²) >= 11 is 0. The van der Waals surface area contributed by atoms with E-state index in [-0.39, 0.29) is 37.5 Å². The minimum absolute atomic E-state index is 0.0964. The molecule has 466 valence electrons. The third-order valence-electron chi connectivity index (χ3n) is 15.1. The maximum atomic E-state index is 12.9. The van der Waals surface area contributed by atoms with Crippen LogP contribution in [0, 0.1) is 0 Å². The fourth-order valence-electron chi connectivity index (χ4n) is 9.98. The highest BCUT2D eigenvalue weighted by atomic mass is 16.6. The first-order valence-electron chi connectivity index (χ1n) is 34.7. The van der Waals surface area contributed by atoms with Crippen LogP contribution in [0.3, 0.4) is 0 Å². The topological polar surface area (TPSA) is 78.9 Å². The molecule has 0 amide bonds. The molecule has 0 saturated carbocycles. The second-order valence-corrected chi connectivity index (χ2v) is 23.0. The first-order valence-corrected chi connectivity index (χ1v) is 34.7. The lowest BCUT2D eigenvalue weighted by Crippen LogP contribution is -2.30. The normalized spacial score (nSPS) is 12.7. The Hall–Kier alpha value is -3.67. The molecule has 81 heavy (non-hydrogen) atoms. The lowest BCUT2D eigenvalue weighted by Gasteiger charge is -2.18. The van der Waals surface area contributed by atoms with Crippen molar-refractivity contribution in [1.82, 2.24) is 0 Å². The summed E-state index contributed by atoms with van der Waals surface area (Å²) in [6.07, 6.45) is 93.2. The smallest absolute Gasteiger partial charge is 0.306 e. The van der Waals surface area contributed by atoms with E-state index in [2.05, 4.69) is 112 Å². The standard InChI is InChI=1S/C75H130O6/c1-4-7-10-13-16-19-22-25-27-29-31-33-35-36-37-38-40-41-43-45-47-50-53-56-59-62-65-68-74(77)80-71-72(70-79-73(76)67-64-61-58-55-52-49-24-21-18-15-12-9-6-3)81-75(78)69-66-63-60-57-54-51-48-46-44-42-39-34-32-30-28-26-23-20-17-14-11-8-5-2/h7,9-10,12,16,18-19,21,25,27,31,33,49,52,58,61,72H,4-6,8,11,13-15,17,20,22-24,26,28-30,32,34-48,50-51,53-57,59-60,62-71H2,1-3H3/b10-7-,12-9-,19-16-,21-18-,27-25-,33-31-,52-49-,61-58-. The van der Waals surface area contributed by atoms with Crippen molar-refractivity contribution in [3.8, 4) is 0 Å². The molecular weight excluding hydrogens is 997 g/mol. The maximum absolute atomic E-state index is 12.9. The van der Waals surface area contributed by atoms with Crippen LogP contribution in [-0.4, -0.2) is 37.2 Å². The van der Waals surface area contributed by atoms with E-state index in [9.17, 15) is 14.4 Å². The van der Waals surface area contributed by atoms with Crippen molar-refractivity contribution in [1.29, 1.82) is 0 Å². The van der Waals surface area contributed by atoms with Gasteiger partial charge in [-0.1, -0.05) is 336 Å². The third-order valence-corrected chi connectivity index (χ3v) is 15.1. The second kappa shape index (κ2) is 68.8. The molecule has 0 rings (SSSR count). The Morgan fingerprint density at radius 1 is 0.259 bits per heavy atom. The molecule has 0 aliphatic carbocycles. The molecule has 0 heterocycles. The number of esters is 3. The van der Waals surface area contributed by atoms with Crippen LogP contribution in [0.15, 0.2) is 97.2 Å². The SMILES string of the molecule is CC/C=C\C/C=C\C/C=C\C/C=C\CCCCCCCCCCCCCCCCC(=O)OCC(COC(=O)CC/C=C\C/C=C\C/C=C\C/C=C\CC)OC(=O)CCCCCCCCCCCCCCCCCCCCCCCCC. The first kappa shape index (κ1) is 77.3. The van der Waals surface area contributed by atoms with Gasteiger partial charge in [0.1, 0.15) is 13.2 Å². The van der Waals surface area contributed by atoms with E-state index in [1.165, 1.54) is 205 Å². The fourth-order valence-corrected chi connectivity index (χ4v) is 9.98. The van der Waals surface area contributed by atoms with Gasteiger partial charge in [-0.25, -0.2) is 0 Å². The summed E-state index contributed by atoms with van der Waals surface area (Å²) in [6, 6.07) is 0. The predicted molar refractivity (Wildman–Crippen MR) is 353 cm³/mol. The van der Waals surface area contributed by atoms with E-state index in [0.717, 1.165) is 89.9 Å². The van der Waals surface area contributed by atoms with Gasteiger partial charge in [0.05, 0.1) is 0 Å². The largest absolute Gasteiger partial charge is 0.462 e. The van der Waals surface area contributed by atoms with Gasteiger partial charge in [-0.05, 0) is 83.5 Å². The van der Waals surface area contributed by atoms with Crippen molar-refractivity contribution in [3.63, 3.8) is 0 Å². The van der Waals surface area contributed by atoms with Crippen molar-refractivity contribution < 1.29 is 28.6 Å². The van der Waals surface area contributed by atoms with E-state index in [4.69, 9.17) is 14.2 Å². The van der Waals surface area contributed by atoms with Crippen LogP contribution >= 0.6 is 0 Å². The van der Waals surface area contributed by atoms with E-state index >= 15 is 0 Å². The van der Waals surface area contributed by atoms with Crippen molar-refractivity contribution >= 4 is 17.9 Å². The number of rotatable bonds is 63. The number of hydrogen-bond donors (Lipinski definition) is 0. The molecule has 0 radical (unpaired) electrons. The minimum atomic E-state index is -0.806. The van der Waals surface area contributed by atoms with Crippen LogP contribution < -0.4 is 0 Å². The van der Waals surface area contributed by atoms with Gasteiger partial charge in [-0.3, -0.25) is 14.4 Å². The Morgan fingerprint density at radius 3 is 0.827 bits per heavy atom. The van der Waals surface area contributed by atoms with Crippen molar-refractivity contribution in [2.75, 3.05) is 13.2 Å². The summed E-state index contributed by atoms with van der Waals surface area (Å²) in [5, 5.41) is 0. The third kappa shape index (κ3) is 67.0. The first-order chi connectivity index (χ1) is 40.0. The van der Waals surface area contributed by atoms with E-state index in [1.807, 2.05) is 6.08 Å². The number of hydrogen-bond acceptors (Lipinski definition) is 6. The average molecular weight is 1130 g/mol. The number of allylic oxidation sites excluding steroid dienone is 16. The molecule has 0 aromatic carbocycles. The van der Waals surface area contributed by atoms with Gasteiger partial charge in [0.2, 0.25) is 0 Å². The fraction of sp³-hybridized carbons (Fsp3) is 0.747. The number of carbonyl (C=O) groups excluding carboxylic acids is 3. The van der Waals surface area contributed by atoms with Crippen LogP contribution in [0.5, 0.6) is 0 Å². The van der Waals surface area contributed by atoms with Crippen molar-refractivity contribution in [2.45, 2.75) is 348 Å². The molecule has 0 aliphatic rings. The molecule has 0 aromatic heterocycles. The average Bonchev–Trinajstić information content (AvgIpc) is 3.46. The van der Waals surface area contributed by atoms with Crippen LogP contribution in [-0.2, 0) is 28.6 Å². The summed E-state index contributed by atoms with van der Waals surface area (Å²) in [7, 11) is 0. The lowest BCUT2D eigenvalue weighted by atomic mass is 10.0. The summed E-state index contributed by atoms with van der Waals surface area (Å²) in [5.41, 5.74) is 0. The van der Waals surface area contributed by atoms with Gasteiger partial charge < -0.3 is 14.2 Å². The molecule has 0 bridgehead atoms. The maximum Gasteiger partial charge on any atom is 0.306 e. The Labute approximate surface area is 502 Å². The van der Waals surface area contributed by atoms with Crippen LogP contribution in [0.25, 0.3) is 0 Å². The Kier molecular flexibility index (Phi) is 65.7. The molecule has 0 fully saturated rings. The van der Waals surface area contributed by atoms with Crippen molar-refractivity contribution in [3.05, 3.63) is 97.2 Å². The van der Waals surface area contributed by atoms with E-state index in [0.29, 0.717) is 19.3 Å². The zero-order valence-electron chi connectivity index (χ0n) is 53.5. The molecule has 6 nitrogen and oxygen atoms in total. The van der Waals surface area contributed by atoms with Gasteiger partial charge in [0.15, 0.2) is 6.10 Å². The lowest BCUT2D eigenvalue weighted by molar-refractivity contribution is -0.166. The predicted octanol–water partition coefficient (Wildman–Crippen LogP) is 24.0. The molecule has 1 unspecified atom stereocenters. The monoisotopic (exact) mass is 1130 g/mol. The van der Waals surface area contributed by atoms with Gasteiger partial charge in [0.25, 0.3) is 0 Å². The molecule has 0 spiro atoms. The molecular formula is C75H130O6. The molecule has 0 saturated heterocycles. The van der Waals surface area contributed by atoms with Crippen LogP contribution in [0.2, 0.25) is 0 Å². The zero-order chi connectivity index (χ0) is 58.5. The molecule has 0 aromatic rings. The summed E-state index contributed by atoms with van der Waals surface area (Å²) < 4.78 is 16.9. The van der Waals surface area contributed by atoms with Gasteiger partial charge in [0, 0.05) is 19.3 Å². The second-order valence-electron chi connectivity index (χ2n) is 23.0. The highest BCUT2D eigenvalue weighted by Crippen LogP contribution is 2.18. The van der Waals surface area contributed by atoms with Gasteiger partial charge >= 0.3 is 17.9 Å². The van der Waals surface area contributed by atoms with Crippen molar-refractivity contribution in [2.24, 2.45) is 0 Å². The molecule has 0 aliphatic heterocycles. The van der Waals surface area contributed by atoms with E-state index < -0.39 is 6.10 Å². The van der Waals surface area contributed by atoms with Gasteiger partial charge in [-0.2, -0.15) is 0 Å². The van der Waals surface area contributed by atoms with Crippen LogP contribution in [0.1, 0.15) is 342 Å². The molecule has 1 atom stereocenters. The Balaban J connectivity index is 4.28. The van der Waals surface area contributed by atoms with Crippen LogP contribution in [0.4, 0.5) is 0 Å². The highest BCUT2D eigenvalue weighted by Gasteiger charge is 2.19. The molecule has 0 N–H and O–H groups in total. The number of unbranched alkanes of at least 4 members (excludes halogenated alkanes) is 36. The van der Waals surface area contributed by atoms with Gasteiger partial charge in [-0.15, -0.1) is 0 Å². The number of ether oxygens (including phenoxy) is 3. The Bertz CT molecular complexity index is 1580. The van der Waals surface area contributed by atoms with E-state index in [1.54, 1.807) is 0 Å². The summed E-state index contributed by atoms with van der Waals surface area (Å²) in [4.78, 5) is 38.4. The molecule has 6 heteroatoms. The highest BCUT2D eigenvalue weighted by molar-refractivity contribution is 5.71. The minimum Gasteiger partial charge on any atom is -0.462 e. The summed E-state index contributed by atoms with van der Waals surface area (Å²) in [5.74, 6) is -0.965. The quantitative estimate of drug-likeness (QED) is 0.0261. The number of carbonyl (C=O) groups is 3. The zero-order valence-corrected chi connectivity index (χ0v) is 53.5. The summed E-state index contributed by atoms with van der Waals surface area (Å²) in [6.45, 7) is 6.40. The Morgan fingerprint density at radius 2 is 0.506 bits per heavy atom.